The second-order valence-electron chi connectivity index (χ2n) is 7.80. The van der Waals surface area contributed by atoms with Crippen molar-refractivity contribution in [3.63, 3.8) is 0 Å². The van der Waals surface area contributed by atoms with Gasteiger partial charge in [0, 0.05) is 57.3 Å². The fourth-order valence-electron chi connectivity index (χ4n) is 4.03. The Kier molecular flexibility index (Phi) is 5.13. The average molecular weight is 324 g/mol. The lowest BCUT2D eigenvalue weighted by Gasteiger charge is -2.42. The van der Waals surface area contributed by atoms with Gasteiger partial charge in [-0.25, -0.2) is 0 Å². The van der Waals surface area contributed by atoms with Crippen molar-refractivity contribution in [2.45, 2.75) is 32.2 Å². The normalized spacial score (nSPS) is 32.0. The Labute approximate surface area is 140 Å². The van der Waals surface area contributed by atoms with Crippen LogP contribution >= 0.6 is 0 Å². The van der Waals surface area contributed by atoms with Gasteiger partial charge in [0.2, 0.25) is 0 Å². The molecule has 3 rings (SSSR count). The van der Waals surface area contributed by atoms with E-state index in [1.807, 2.05) is 7.05 Å². The van der Waals surface area contributed by atoms with Crippen LogP contribution in [0.25, 0.3) is 0 Å². The van der Waals surface area contributed by atoms with Crippen LogP contribution in [0.3, 0.4) is 0 Å². The Morgan fingerprint density at radius 2 is 1.96 bits per heavy atom. The molecule has 0 aliphatic carbocycles. The Bertz CT molecular complexity index is 432. The highest BCUT2D eigenvalue weighted by Crippen LogP contribution is 2.38. The summed E-state index contributed by atoms with van der Waals surface area (Å²) >= 11 is 0. The maximum atomic E-state index is 5.62. The minimum Gasteiger partial charge on any atom is -0.381 e. The van der Waals surface area contributed by atoms with E-state index in [-0.39, 0.29) is 5.54 Å². The van der Waals surface area contributed by atoms with Crippen molar-refractivity contribution in [1.82, 2.24) is 15.1 Å². The predicted molar refractivity (Wildman–Crippen MR) is 91.9 cm³/mol. The minimum absolute atomic E-state index is 0.127. The van der Waals surface area contributed by atoms with E-state index in [2.05, 4.69) is 34.0 Å². The SMILES string of the molecule is CN=C(NCCN1CCOCC1(C)C)N1CCC2(CCOC2)C1. The fraction of sp³-hybridized carbons (Fsp3) is 0.941. The third-order valence-corrected chi connectivity index (χ3v) is 5.62. The molecule has 1 atom stereocenters. The van der Waals surface area contributed by atoms with E-state index >= 15 is 0 Å². The topological polar surface area (TPSA) is 49.3 Å². The molecule has 23 heavy (non-hydrogen) atoms. The third kappa shape index (κ3) is 3.80. The van der Waals surface area contributed by atoms with Gasteiger partial charge in [-0.05, 0) is 26.7 Å². The van der Waals surface area contributed by atoms with Gasteiger partial charge in [-0.1, -0.05) is 0 Å². The first kappa shape index (κ1) is 17.0. The highest BCUT2D eigenvalue weighted by Gasteiger charge is 2.42. The van der Waals surface area contributed by atoms with E-state index in [4.69, 9.17) is 9.47 Å². The fourth-order valence-corrected chi connectivity index (χ4v) is 4.03. The van der Waals surface area contributed by atoms with Crippen LogP contribution in [0.15, 0.2) is 4.99 Å². The molecule has 3 aliphatic rings. The number of hydrogen-bond acceptors (Lipinski definition) is 4. The number of morpholine rings is 1. The third-order valence-electron chi connectivity index (χ3n) is 5.62. The molecule has 3 aliphatic heterocycles. The second-order valence-corrected chi connectivity index (χ2v) is 7.80. The number of nitrogens with one attached hydrogen (secondary N) is 1. The molecule has 1 unspecified atom stereocenters. The molecule has 1 spiro atoms. The Hall–Kier alpha value is -0.850. The Morgan fingerprint density at radius 1 is 1.13 bits per heavy atom. The molecule has 3 fully saturated rings. The largest absolute Gasteiger partial charge is 0.381 e. The van der Waals surface area contributed by atoms with Crippen LogP contribution in [0.5, 0.6) is 0 Å². The molecule has 0 radical (unpaired) electrons. The van der Waals surface area contributed by atoms with Gasteiger partial charge in [-0.15, -0.1) is 0 Å². The lowest BCUT2D eigenvalue weighted by atomic mass is 9.87. The lowest BCUT2D eigenvalue weighted by molar-refractivity contribution is -0.0496. The molecule has 0 saturated carbocycles. The lowest BCUT2D eigenvalue weighted by Crippen LogP contribution is -2.55. The summed E-state index contributed by atoms with van der Waals surface area (Å²) in [5.41, 5.74) is 0.506. The zero-order valence-electron chi connectivity index (χ0n) is 14.9. The van der Waals surface area contributed by atoms with Crippen molar-refractivity contribution in [2.75, 3.05) is 66.2 Å². The molecule has 0 aromatic heterocycles. The van der Waals surface area contributed by atoms with Crippen LogP contribution in [-0.2, 0) is 9.47 Å². The van der Waals surface area contributed by atoms with Crippen molar-refractivity contribution >= 4 is 5.96 Å². The summed E-state index contributed by atoms with van der Waals surface area (Å²) in [6.07, 6.45) is 2.42. The molecule has 0 aromatic rings. The first-order chi connectivity index (χ1) is 11.0. The Balaban J connectivity index is 1.47. The highest BCUT2D eigenvalue weighted by molar-refractivity contribution is 5.80. The highest BCUT2D eigenvalue weighted by atomic mass is 16.5. The maximum Gasteiger partial charge on any atom is 0.193 e. The van der Waals surface area contributed by atoms with Crippen molar-refractivity contribution in [1.29, 1.82) is 0 Å². The van der Waals surface area contributed by atoms with E-state index in [0.717, 1.165) is 65.1 Å². The monoisotopic (exact) mass is 324 g/mol. The van der Waals surface area contributed by atoms with Gasteiger partial charge in [0.15, 0.2) is 5.96 Å². The summed E-state index contributed by atoms with van der Waals surface area (Å²) in [5, 5.41) is 3.56. The summed E-state index contributed by atoms with van der Waals surface area (Å²) in [5.74, 6) is 1.04. The van der Waals surface area contributed by atoms with Gasteiger partial charge in [0.1, 0.15) is 0 Å². The standard InChI is InChI=1S/C17H32N4O2/c1-16(2)13-23-11-9-21(16)8-6-19-15(18-3)20-7-4-17(12-20)5-10-22-14-17/h4-14H2,1-3H3,(H,18,19). The summed E-state index contributed by atoms with van der Waals surface area (Å²) in [6.45, 7) is 13.1. The molecule has 0 amide bonds. The quantitative estimate of drug-likeness (QED) is 0.614. The van der Waals surface area contributed by atoms with E-state index in [9.17, 15) is 0 Å². The molecule has 0 aromatic carbocycles. The minimum atomic E-state index is 0.127. The number of hydrogen-bond donors (Lipinski definition) is 1. The second kappa shape index (κ2) is 6.95. The van der Waals surface area contributed by atoms with Crippen LogP contribution in [0.4, 0.5) is 0 Å². The predicted octanol–water partition coefficient (Wildman–Crippen LogP) is 0.785. The zero-order valence-corrected chi connectivity index (χ0v) is 14.9. The van der Waals surface area contributed by atoms with Crippen molar-refractivity contribution < 1.29 is 9.47 Å². The summed E-state index contributed by atoms with van der Waals surface area (Å²) in [6, 6.07) is 0. The first-order valence-electron chi connectivity index (χ1n) is 8.91. The number of nitrogens with zero attached hydrogens (tertiary/aromatic N) is 3. The molecule has 3 saturated heterocycles. The maximum absolute atomic E-state index is 5.62. The molecule has 6 nitrogen and oxygen atoms in total. The molecule has 0 bridgehead atoms. The van der Waals surface area contributed by atoms with Crippen molar-refractivity contribution in [3.05, 3.63) is 0 Å². The number of rotatable bonds is 3. The van der Waals surface area contributed by atoms with Gasteiger partial charge >= 0.3 is 0 Å². The number of likely N-dealkylation sites (tertiary alicyclic amines) is 1. The van der Waals surface area contributed by atoms with Crippen LogP contribution in [0.2, 0.25) is 0 Å². The van der Waals surface area contributed by atoms with Crippen LogP contribution in [-0.4, -0.2) is 87.5 Å². The van der Waals surface area contributed by atoms with Gasteiger partial charge in [0.05, 0.1) is 19.8 Å². The van der Waals surface area contributed by atoms with Crippen molar-refractivity contribution in [3.8, 4) is 0 Å². The van der Waals surface area contributed by atoms with Gasteiger partial charge in [-0.3, -0.25) is 9.89 Å². The number of guanidine groups is 1. The molecule has 132 valence electrons. The van der Waals surface area contributed by atoms with Crippen LogP contribution in [0.1, 0.15) is 26.7 Å². The van der Waals surface area contributed by atoms with E-state index in [1.54, 1.807) is 0 Å². The zero-order chi connectivity index (χ0) is 16.3. The molecule has 3 heterocycles. The van der Waals surface area contributed by atoms with Gasteiger partial charge < -0.3 is 19.7 Å². The van der Waals surface area contributed by atoms with Gasteiger partial charge in [0.25, 0.3) is 0 Å². The number of ether oxygens (including phenoxy) is 2. The summed E-state index contributed by atoms with van der Waals surface area (Å²) in [7, 11) is 1.89. The molecular formula is C17H32N4O2. The Morgan fingerprint density at radius 3 is 2.65 bits per heavy atom. The van der Waals surface area contributed by atoms with Crippen LogP contribution < -0.4 is 5.32 Å². The summed E-state index contributed by atoms with van der Waals surface area (Å²) in [4.78, 5) is 9.40. The van der Waals surface area contributed by atoms with E-state index < -0.39 is 0 Å². The molecule has 1 N–H and O–H groups in total. The average Bonchev–Trinajstić information content (AvgIpc) is 3.15. The first-order valence-corrected chi connectivity index (χ1v) is 8.91. The summed E-state index contributed by atoms with van der Waals surface area (Å²) < 4.78 is 11.2. The van der Waals surface area contributed by atoms with E-state index in [0.29, 0.717) is 5.41 Å². The number of aliphatic imine (C=N–C) groups is 1. The van der Waals surface area contributed by atoms with Gasteiger partial charge in [-0.2, -0.15) is 0 Å². The van der Waals surface area contributed by atoms with Crippen LogP contribution in [0, 0.1) is 5.41 Å². The van der Waals surface area contributed by atoms with Crippen molar-refractivity contribution in [2.24, 2.45) is 10.4 Å². The molecule has 6 heteroatoms. The van der Waals surface area contributed by atoms with E-state index in [1.165, 1.54) is 12.8 Å². The smallest absolute Gasteiger partial charge is 0.193 e. The molecular weight excluding hydrogens is 292 g/mol.